The van der Waals surface area contributed by atoms with Gasteiger partial charge in [-0.05, 0) is 6.07 Å². The van der Waals surface area contributed by atoms with Gasteiger partial charge < -0.3 is 4.57 Å². The van der Waals surface area contributed by atoms with Crippen LogP contribution in [0.4, 0.5) is 26.3 Å². The van der Waals surface area contributed by atoms with Crippen LogP contribution in [0.25, 0.3) is 11.0 Å². The summed E-state index contributed by atoms with van der Waals surface area (Å²) in [7, 11) is 0. The number of imidazole rings is 1. The molecule has 0 aliphatic carbocycles. The van der Waals surface area contributed by atoms with Gasteiger partial charge >= 0.3 is 12.3 Å². The second-order valence-electron chi connectivity index (χ2n) is 4.06. The van der Waals surface area contributed by atoms with Gasteiger partial charge in [0.1, 0.15) is 17.2 Å². The lowest BCUT2D eigenvalue weighted by Gasteiger charge is -2.17. The quantitative estimate of drug-likeness (QED) is 0.617. The topological polar surface area (TPSA) is 17.8 Å². The number of rotatable bonds is 4. The summed E-state index contributed by atoms with van der Waals surface area (Å²) >= 11 is 5.47. The summed E-state index contributed by atoms with van der Waals surface area (Å²) in [6, 6.07) is 1.26. The number of hydrogen-bond donors (Lipinski definition) is 0. The molecule has 2 aromatic rings. The second-order valence-corrected chi connectivity index (χ2v) is 4.33. The Morgan fingerprint density at radius 2 is 1.90 bits per heavy atom. The Bertz CT molecular complexity index is 639. The molecule has 0 amide bonds. The minimum Gasteiger partial charge on any atom is -0.320 e. The van der Waals surface area contributed by atoms with Crippen molar-refractivity contribution in [1.29, 1.82) is 0 Å². The van der Waals surface area contributed by atoms with Gasteiger partial charge in [0.05, 0.1) is 17.9 Å². The smallest absolute Gasteiger partial charge is 0.320 e. The molecule has 1 heterocycles. The highest BCUT2D eigenvalue weighted by molar-refractivity contribution is 6.16. The maximum absolute atomic E-state index is 13.5. The summed E-state index contributed by atoms with van der Waals surface area (Å²) in [6.45, 7) is -1.47. The fraction of sp³-hybridized carbons (Fsp3) is 0.364. The lowest BCUT2D eigenvalue weighted by Crippen LogP contribution is -2.32. The molecule has 0 spiro atoms. The van der Waals surface area contributed by atoms with Crippen molar-refractivity contribution >= 4 is 22.6 Å². The number of halogens is 7. The first-order valence-corrected chi connectivity index (χ1v) is 5.86. The fourth-order valence-corrected chi connectivity index (χ4v) is 1.96. The summed E-state index contributed by atoms with van der Waals surface area (Å²) in [5.74, 6) is -7.12. The summed E-state index contributed by atoms with van der Waals surface area (Å²) in [4.78, 5) is 3.63. The number of fused-ring (bicyclic) bond motifs is 1. The van der Waals surface area contributed by atoms with E-state index in [9.17, 15) is 26.3 Å². The molecule has 20 heavy (non-hydrogen) atoms. The summed E-state index contributed by atoms with van der Waals surface area (Å²) < 4.78 is 77.9. The van der Waals surface area contributed by atoms with Gasteiger partial charge in [0.25, 0.3) is 0 Å². The first-order valence-electron chi connectivity index (χ1n) is 5.32. The third-order valence-electron chi connectivity index (χ3n) is 2.66. The summed E-state index contributed by atoms with van der Waals surface area (Å²) in [5.41, 5.74) is -0.745. The van der Waals surface area contributed by atoms with Gasteiger partial charge in [0.15, 0.2) is 5.82 Å². The van der Waals surface area contributed by atoms with Gasteiger partial charge in [0, 0.05) is 6.07 Å². The Kier molecular flexibility index (Phi) is 3.86. The van der Waals surface area contributed by atoms with Crippen LogP contribution in [0.2, 0.25) is 0 Å². The average molecular weight is 317 g/mol. The van der Waals surface area contributed by atoms with Crippen molar-refractivity contribution in [3.63, 3.8) is 0 Å². The molecule has 0 radical (unpaired) electrons. The summed E-state index contributed by atoms with van der Waals surface area (Å²) in [5, 5.41) is 0. The number of hydrogen-bond acceptors (Lipinski definition) is 1. The molecule has 9 heteroatoms. The van der Waals surface area contributed by atoms with E-state index in [1.165, 1.54) is 0 Å². The van der Waals surface area contributed by atoms with E-state index < -0.39 is 41.9 Å². The van der Waals surface area contributed by atoms with E-state index in [1.807, 2.05) is 0 Å². The van der Waals surface area contributed by atoms with E-state index in [4.69, 9.17) is 11.6 Å². The van der Waals surface area contributed by atoms with Crippen LogP contribution in [0, 0.1) is 11.6 Å². The molecule has 2 nitrogen and oxygen atoms in total. The molecule has 1 aromatic heterocycles. The Labute approximate surface area is 114 Å². The molecule has 0 aliphatic rings. The predicted octanol–water partition coefficient (Wildman–Crippen LogP) is 3.95. The minimum absolute atomic E-state index is 0.244. The van der Waals surface area contributed by atoms with Crippen molar-refractivity contribution in [3.05, 3.63) is 29.6 Å². The molecule has 0 N–H and O–H groups in total. The lowest BCUT2D eigenvalue weighted by molar-refractivity contribution is -0.137. The number of nitrogens with zero attached hydrogens (tertiary/aromatic N) is 2. The molecule has 0 atom stereocenters. The first-order chi connectivity index (χ1) is 9.26. The number of benzene rings is 1. The van der Waals surface area contributed by atoms with Crippen molar-refractivity contribution < 1.29 is 26.3 Å². The molecule has 110 valence electrons. The van der Waals surface area contributed by atoms with Crippen LogP contribution in [0.5, 0.6) is 0 Å². The zero-order chi connectivity index (χ0) is 15.1. The van der Waals surface area contributed by atoms with E-state index in [0.29, 0.717) is 10.6 Å². The lowest BCUT2D eigenvalue weighted by atomic mass is 10.2. The van der Waals surface area contributed by atoms with Gasteiger partial charge in [0.2, 0.25) is 0 Å². The zero-order valence-corrected chi connectivity index (χ0v) is 10.4. The van der Waals surface area contributed by atoms with Crippen LogP contribution in [-0.2, 0) is 12.4 Å². The molecular formula is C11H7ClF6N2. The maximum atomic E-state index is 13.5. The molecule has 0 saturated carbocycles. The van der Waals surface area contributed by atoms with Crippen LogP contribution in [0.1, 0.15) is 5.82 Å². The molecule has 2 rings (SSSR count). The SMILES string of the molecule is Fc1cc(F)c2nc(CCl)n(CC(F)(F)C(F)F)c2c1. The average Bonchev–Trinajstić information content (AvgIpc) is 2.67. The van der Waals surface area contributed by atoms with E-state index in [0.717, 1.165) is 6.07 Å². The zero-order valence-electron chi connectivity index (χ0n) is 9.69. The normalized spacial score (nSPS) is 12.6. The van der Waals surface area contributed by atoms with E-state index in [1.54, 1.807) is 0 Å². The Morgan fingerprint density at radius 1 is 1.25 bits per heavy atom. The van der Waals surface area contributed by atoms with Crippen LogP contribution in [-0.4, -0.2) is 21.9 Å². The van der Waals surface area contributed by atoms with Crippen LogP contribution >= 0.6 is 11.6 Å². The van der Waals surface area contributed by atoms with Gasteiger partial charge in [-0.1, -0.05) is 0 Å². The van der Waals surface area contributed by atoms with Crippen molar-refractivity contribution in [2.24, 2.45) is 0 Å². The molecular weight excluding hydrogens is 310 g/mol. The van der Waals surface area contributed by atoms with Crippen molar-refractivity contribution in [3.8, 4) is 0 Å². The first kappa shape index (κ1) is 15.0. The van der Waals surface area contributed by atoms with E-state index in [-0.39, 0.29) is 11.3 Å². The van der Waals surface area contributed by atoms with Crippen LogP contribution < -0.4 is 0 Å². The molecule has 0 aliphatic heterocycles. The molecule has 1 aromatic carbocycles. The standard InChI is InChI=1S/C11H7ClF6N2/c12-3-8-19-9-6(14)1-5(13)2-7(9)20(8)4-11(17,18)10(15)16/h1-2,10H,3-4H2. The summed E-state index contributed by atoms with van der Waals surface area (Å²) in [6.07, 6.45) is -3.92. The van der Waals surface area contributed by atoms with Crippen molar-refractivity contribution in [2.45, 2.75) is 24.8 Å². The Balaban J connectivity index is 2.62. The second kappa shape index (κ2) is 5.16. The van der Waals surface area contributed by atoms with Crippen LogP contribution in [0.3, 0.4) is 0 Å². The van der Waals surface area contributed by atoms with Gasteiger partial charge in [-0.15, -0.1) is 11.6 Å². The minimum atomic E-state index is -4.36. The monoisotopic (exact) mass is 316 g/mol. The number of alkyl halides is 5. The highest BCUT2D eigenvalue weighted by Crippen LogP contribution is 2.29. The molecule has 0 bridgehead atoms. The van der Waals surface area contributed by atoms with Gasteiger partial charge in [-0.3, -0.25) is 0 Å². The Morgan fingerprint density at radius 3 is 2.45 bits per heavy atom. The highest BCUT2D eigenvalue weighted by Gasteiger charge is 2.42. The number of aromatic nitrogens is 2. The van der Waals surface area contributed by atoms with E-state index >= 15 is 0 Å². The Hall–Kier alpha value is -1.44. The molecule has 0 fully saturated rings. The van der Waals surface area contributed by atoms with Gasteiger partial charge in [-0.2, -0.15) is 8.78 Å². The van der Waals surface area contributed by atoms with Crippen LogP contribution in [0.15, 0.2) is 12.1 Å². The van der Waals surface area contributed by atoms with E-state index in [2.05, 4.69) is 4.98 Å². The highest BCUT2D eigenvalue weighted by atomic mass is 35.5. The van der Waals surface area contributed by atoms with Crippen molar-refractivity contribution in [2.75, 3.05) is 0 Å². The third kappa shape index (κ3) is 2.56. The predicted molar refractivity (Wildman–Crippen MR) is 60.2 cm³/mol. The fourth-order valence-electron chi connectivity index (χ4n) is 1.76. The largest absolute Gasteiger partial charge is 0.324 e. The van der Waals surface area contributed by atoms with Gasteiger partial charge in [-0.25, -0.2) is 22.5 Å². The third-order valence-corrected chi connectivity index (χ3v) is 2.90. The molecule has 0 unspecified atom stereocenters. The van der Waals surface area contributed by atoms with Crippen molar-refractivity contribution in [1.82, 2.24) is 9.55 Å². The maximum Gasteiger partial charge on any atom is 0.324 e. The molecule has 0 saturated heterocycles.